The number of hydrogen-bond donors (Lipinski definition) is 0. The molecule has 0 aliphatic carbocycles. The van der Waals surface area contributed by atoms with Gasteiger partial charge in [0, 0.05) is 19.6 Å². The van der Waals surface area contributed by atoms with Crippen LogP contribution in [0.15, 0.2) is 42.5 Å². The van der Waals surface area contributed by atoms with Gasteiger partial charge in [0.1, 0.15) is 5.75 Å². The molecular formula is C22H22N2O5. The Bertz CT molecular complexity index is 934. The zero-order valence-corrected chi connectivity index (χ0v) is 16.2. The van der Waals surface area contributed by atoms with Crippen molar-refractivity contribution in [3.63, 3.8) is 0 Å². The Balaban J connectivity index is 1.24. The van der Waals surface area contributed by atoms with Gasteiger partial charge in [-0.05, 0) is 35.4 Å². The maximum atomic E-state index is 12.9. The van der Waals surface area contributed by atoms with Crippen molar-refractivity contribution in [2.75, 3.05) is 27.0 Å². The van der Waals surface area contributed by atoms with E-state index < -0.39 is 0 Å². The average molecular weight is 394 g/mol. The van der Waals surface area contributed by atoms with E-state index in [1.165, 1.54) is 4.90 Å². The molecular weight excluding hydrogens is 372 g/mol. The summed E-state index contributed by atoms with van der Waals surface area (Å²) in [7, 11) is 1.64. The number of hydrogen-bond acceptors (Lipinski definition) is 6. The molecule has 2 atom stereocenters. The summed E-state index contributed by atoms with van der Waals surface area (Å²) in [6, 6.07) is 13.4. The molecule has 0 saturated carbocycles. The minimum absolute atomic E-state index is 0.0742. The summed E-state index contributed by atoms with van der Waals surface area (Å²) in [5, 5.41) is 0. The third-order valence-corrected chi connectivity index (χ3v) is 5.90. The van der Waals surface area contributed by atoms with Gasteiger partial charge in [0.25, 0.3) is 0 Å². The second-order valence-corrected chi connectivity index (χ2v) is 7.71. The van der Waals surface area contributed by atoms with Crippen molar-refractivity contribution in [2.45, 2.75) is 13.1 Å². The van der Waals surface area contributed by atoms with E-state index in [-0.39, 0.29) is 37.0 Å². The Morgan fingerprint density at radius 3 is 2.24 bits per heavy atom. The monoisotopic (exact) mass is 394 g/mol. The van der Waals surface area contributed by atoms with Gasteiger partial charge in [0.15, 0.2) is 11.5 Å². The van der Waals surface area contributed by atoms with Crippen LogP contribution in [0.5, 0.6) is 17.2 Å². The zero-order chi connectivity index (χ0) is 20.0. The molecule has 2 fully saturated rings. The summed E-state index contributed by atoms with van der Waals surface area (Å²) < 4.78 is 15.9. The molecule has 0 N–H and O–H groups in total. The molecule has 7 heteroatoms. The number of methoxy groups -OCH3 is 1. The molecule has 2 amide bonds. The zero-order valence-electron chi connectivity index (χ0n) is 16.2. The highest BCUT2D eigenvalue weighted by molar-refractivity contribution is 6.05. The fraction of sp³-hybridized carbons (Fsp3) is 0.364. The lowest BCUT2D eigenvalue weighted by molar-refractivity contribution is -0.141. The fourth-order valence-electron chi connectivity index (χ4n) is 4.39. The van der Waals surface area contributed by atoms with Crippen molar-refractivity contribution in [1.29, 1.82) is 0 Å². The van der Waals surface area contributed by atoms with Gasteiger partial charge in [-0.2, -0.15) is 0 Å². The van der Waals surface area contributed by atoms with Crippen molar-refractivity contribution in [3.8, 4) is 17.2 Å². The molecule has 3 heterocycles. The van der Waals surface area contributed by atoms with Crippen molar-refractivity contribution >= 4 is 11.8 Å². The van der Waals surface area contributed by atoms with Crippen molar-refractivity contribution in [3.05, 3.63) is 53.6 Å². The Labute approximate surface area is 168 Å². The van der Waals surface area contributed by atoms with Crippen LogP contribution in [0.1, 0.15) is 11.1 Å². The number of amides is 2. The van der Waals surface area contributed by atoms with E-state index in [1.807, 2.05) is 42.5 Å². The lowest BCUT2D eigenvalue weighted by Crippen LogP contribution is -2.35. The molecule has 5 rings (SSSR count). The normalized spacial score (nSPS) is 23.0. The summed E-state index contributed by atoms with van der Waals surface area (Å²) in [5.74, 6) is 1.51. The van der Waals surface area contributed by atoms with Crippen LogP contribution in [0.3, 0.4) is 0 Å². The molecule has 2 aromatic rings. The first-order valence-electron chi connectivity index (χ1n) is 9.71. The molecule has 150 valence electrons. The number of benzene rings is 2. The SMILES string of the molecule is COc1ccc(CN2C[C@@H]3C(=O)N(Cc4ccc5c(c4)OCO5)C(=O)[C@@H]3C2)cc1. The summed E-state index contributed by atoms with van der Waals surface area (Å²) in [4.78, 5) is 29.4. The maximum Gasteiger partial charge on any atom is 0.234 e. The molecule has 7 nitrogen and oxygen atoms in total. The molecule has 0 unspecified atom stereocenters. The summed E-state index contributed by atoms with van der Waals surface area (Å²) in [6.45, 7) is 2.42. The third-order valence-electron chi connectivity index (χ3n) is 5.90. The molecule has 2 saturated heterocycles. The maximum absolute atomic E-state index is 12.9. The third kappa shape index (κ3) is 3.21. The molecule has 3 aliphatic heterocycles. The molecule has 0 spiro atoms. The molecule has 29 heavy (non-hydrogen) atoms. The summed E-state index contributed by atoms with van der Waals surface area (Å²) >= 11 is 0. The van der Waals surface area contributed by atoms with Gasteiger partial charge in [0.05, 0.1) is 25.5 Å². The van der Waals surface area contributed by atoms with Crippen molar-refractivity contribution < 1.29 is 23.8 Å². The van der Waals surface area contributed by atoms with Gasteiger partial charge in [-0.25, -0.2) is 0 Å². The summed E-state index contributed by atoms with van der Waals surface area (Å²) in [5.41, 5.74) is 2.01. The summed E-state index contributed by atoms with van der Waals surface area (Å²) in [6.07, 6.45) is 0. The smallest absolute Gasteiger partial charge is 0.234 e. The number of nitrogens with zero attached hydrogens (tertiary/aromatic N) is 2. The van der Waals surface area contributed by atoms with Crippen LogP contribution in [0.4, 0.5) is 0 Å². The van der Waals surface area contributed by atoms with Gasteiger partial charge in [-0.15, -0.1) is 0 Å². The number of carbonyl (C=O) groups is 2. The average Bonchev–Trinajstić information content (AvgIpc) is 3.42. The van der Waals surface area contributed by atoms with E-state index in [1.54, 1.807) is 7.11 Å². The lowest BCUT2D eigenvalue weighted by Gasteiger charge is -2.21. The van der Waals surface area contributed by atoms with Crippen LogP contribution in [0.2, 0.25) is 0 Å². The molecule has 0 radical (unpaired) electrons. The second-order valence-electron chi connectivity index (χ2n) is 7.71. The highest BCUT2D eigenvalue weighted by Gasteiger charge is 2.52. The standard InChI is InChI=1S/C22H22N2O5/c1-27-16-5-2-14(3-6-16)9-23-11-17-18(12-23)22(26)24(21(17)25)10-15-4-7-19-20(8-15)29-13-28-19/h2-8,17-18H,9-13H2,1H3/t17-,18+. The van der Waals surface area contributed by atoms with Crippen LogP contribution < -0.4 is 14.2 Å². The van der Waals surface area contributed by atoms with E-state index in [0.29, 0.717) is 24.6 Å². The Hall–Kier alpha value is -3.06. The Morgan fingerprint density at radius 2 is 1.55 bits per heavy atom. The van der Waals surface area contributed by atoms with Crippen LogP contribution >= 0.6 is 0 Å². The number of ether oxygens (including phenoxy) is 3. The number of rotatable bonds is 5. The minimum Gasteiger partial charge on any atom is -0.497 e. The van der Waals surface area contributed by atoms with Gasteiger partial charge in [-0.3, -0.25) is 19.4 Å². The number of carbonyl (C=O) groups excluding carboxylic acids is 2. The first-order valence-corrected chi connectivity index (χ1v) is 9.71. The van der Waals surface area contributed by atoms with E-state index in [4.69, 9.17) is 14.2 Å². The van der Waals surface area contributed by atoms with E-state index in [2.05, 4.69) is 4.90 Å². The number of imide groups is 1. The second kappa shape index (κ2) is 7.08. The van der Waals surface area contributed by atoms with Crippen LogP contribution in [0, 0.1) is 11.8 Å². The van der Waals surface area contributed by atoms with E-state index in [0.717, 1.165) is 23.4 Å². The molecule has 0 bridgehead atoms. The van der Waals surface area contributed by atoms with Gasteiger partial charge in [0.2, 0.25) is 18.6 Å². The quantitative estimate of drug-likeness (QED) is 0.723. The first kappa shape index (κ1) is 18.0. The van der Waals surface area contributed by atoms with Gasteiger partial charge < -0.3 is 14.2 Å². The topological polar surface area (TPSA) is 68.3 Å². The first-order chi connectivity index (χ1) is 14.1. The minimum atomic E-state index is -0.255. The van der Waals surface area contributed by atoms with E-state index >= 15 is 0 Å². The highest BCUT2D eigenvalue weighted by Crippen LogP contribution is 2.37. The molecule has 3 aliphatic rings. The van der Waals surface area contributed by atoms with E-state index in [9.17, 15) is 9.59 Å². The highest BCUT2D eigenvalue weighted by atomic mass is 16.7. The predicted molar refractivity (Wildman–Crippen MR) is 103 cm³/mol. The van der Waals surface area contributed by atoms with Crippen molar-refractivity contribution in [2.24, 2.45) is 11.8 Å². The van der Waals surface area contributed by atoms with Crippen LogP contribution in [0.25, 0.3) is 0 Å². The largest absolute Gasteiger partial charge is 0.497 e. The Kier molecular flexibility index (Phi) is 4.39. The van der Waals surface area contributed by atoms with Gasteiger partial charge >= 0.3 is 0 Å². The molecule has 0 aromatic heterocycles. The predicted octanol–water partition coefficient (Wildman–Crippen LogP) is 2.04. The van der Waals surface area contributed by atoms with Crippen molar-refractivity contribution in [1.82, 2.24) is 9.80 Å². The number of likely N-dealkylation sites (tertiary alicyclic amines) is 2. The van der Waals surface area contributed by atoms with Gasteiger partial charge in [-0.1, -0.05) is 18.2 Å². The fourth-order valence-corrected chi connectivity index (χ4v) is 4.39. The number of fused-ring (bicyclic) bond motifs is 2. The lowest BCUT2D eigenvalue weighted by atomic mass is 10.00. The Morgan fingerprint density at radius 1 is 0.897 bits per heavy atom. The van der Waals surface area contributed by atoms with Crippen LogP contribution in [-0.4, -0.2) is 48.6 Å². The molecule has 2 aromatic carbocycles. The van der Waals surface area contributed by atoms with Crippen LogP contribution in [-0.2, 0) is 22.7 Å².